The Hall–Kier alpha value is -0.850. The zero-order valence-electron chi connectivity index (χ0n) is 9.18. The highest BCUT2D eigenvalue weighted by molar-refractivity contribution is 5.96. The van der Waals surface area contributed by atoms with Gasteiger partial charge in [0.05, 0.1) is 0 Å². The molecule has 0 radical (unpaired) electrons. The second kappa shape index (κ2) is 6.64. The highest BCUT2D eigenvalue weighted by atomic mass is 16.1. The van der Waals surface area contributed by atoms with Crippen LogP contribution in [0, 0.1) is 0 Å². The van der Waals surface area contributed by atoms with E-state index in [1.165, 1.54) is 5.57 Å². The normalized spacial score (nSPS) is 13.2. The molecule has 0 rings (SSSR count). The SMILES string of the molecule is CCC/C=C/C(C(C)=O)=C(\C)CC. The lowest BCUT2D eigenvalue weighted by molar-refractivity contribution is -0.113. The molecule has 0 atom stereocenters. The number of hydrogen-bond donors (Lipinski definition) is 0. The number of ketones is 1. The number of hydrogen-bond acceptors (Lipinski definition) is 1. The van der Waals surface area contributed by atoms with Crippen LogP contribution in [-0.4, -0.2) is 5.78 Å². The van der Waals surface area contributed by atoms with Gasteiger partial charge in [-0.05, 0) is 26.7 Å². The predicted molar refractivity (Wildman–Crippen MR) is 57.7 cm³/mol. The molecule has 0 aliphatic carbocycles. The Morgan fingerprint density at radius 2 is 1.85 bits per heavy atom. The van der Waals surface area contributed by atoms with E-state index in [1.54, 1.807) is 6.92 Å². The van der Waals surface area contributed by atoms with E-state index in [1.807, 2.05) is 13.0 Å². The van der Waals surface area contributed by atoms with Gasteiger partial charge in [-0.25, -0.2) is 0 Å². The summed E-state index contributed by atoms with van der Waals surface area (Å²) < 4.78 is 0. The maximum Gasteiger partial charge on any atom is 0.159 e. The average molecular weight is 180 g/mol. The van der Waals surface area contributed by atoms with Crippen LogP contribution < -0.4 is 0 Å². The molecule has 0 aliphatic rings. The fraction of sp³-hybridized carbons (Fsp3) is 0.583. The summed E-state index contributed by atoms with van der Waals surface area (Å²) >= 11 is 0. The van der Waals surface area contributed by atoms with Gasteiger partial charge in [-0.1, -0.05) is 38.0 Å². The first-order chi connectivity index (χ1) is 6.13. The van der Waals surface area contributed by atoms with Gasteiger partial charge < -0.3 is 0 Å². The van der Waals surface area contributed by atoms with Crippen molar-refractivity contribution in [2.75, 3.05) is 0 Å². The minimum Gasteiger partial charge on any atom is -0.295 e. The molecule has 0 aromatic carbocycles. The molecule has 0 heterocycles. The predicted octanol–water partition coefficient (Wildman–Crippen LogP) is 3.66. The van der Waals surface area contributed by atoms with Crippen LogP contribution in [0.2, 0.25) is 0 Å². The van der Waals surface area contributed by atoms with Gasteiger partial charge in [0.1, 0.15) is 0 Å². The van der Waals surface area contributed by atoms with Crippen molar-refractivity contribution in [3.63, 3.8) is 0 Å². The van der Waals surface area contributed by atoms with Crippen molar-refractivity contribution in [1.29, 1.82) is 0 Å². The van der Waals surface area contributed by atoms with Crippen LogP contribution in [-0.2, 0) is 4.79 Å². The van der Waals surface area contributed by atoms with Crippen molar-refractivity contribution in [2.24, 2.45) is 0 Å². The molecular formula is C12H20O. The smallest absolute Gasteiger partial charge is 0.159 e. The molecule has 0 saturated carbocycles. The van der Waals surface area contributed by atoms with Crippen LogP contribution in [0.1, 0.15) is 47.0 Å². The summed E-state index contributed by atoms with van der Waals surface area (Å²) in [5.74, 6) is 0.173. The van der Waals surface area contributed by atoms with E-state index in [0.717, 1.165) is 24.8 Å². The molecule has 13 heavy (non-hydrogen) atoms. The molecule has 0 fully saturated rings. The lowest BCUT2D eigenvalue weighted by Gasteiger charge is -2.01. The molecule has 0 saturated heterocycles. The molecule has 0 amide bonds. The topological polar surface area (TPSA) is 17.1 Å². The first-order valence-corrected chi connectivity index (χ1v) is 5.00. The monoisotopic (exact) mass is 180 g/mol. The van der Waals surface area contributed by atoms with Crippen molar-refractivity contribution in [1.82, 2.24) is 0 Å². The molecule has 1 nitrogen and oxygen atoms in total. The Morgan fingerprint density at radius 1 is 1.23 bits per heavy atom. The van der Waals surface area contributed by atoms with Gasteiger partial charge in [0, 0.05) is 5.57 Å². The molecule has 0 aromatic rings. The molecule has 0 bridgehead atoms. The van der Waals surface area contributed by atoms with Crippen molar-refractivity contribution in [2.45, 2.75) is 47.0 Å². The Kier molecular flexibility index (Phi) is 6.21. The van der Waals surface area contributed by atoms with E-state index >= 15 is 0 Å². The third-order valence-corrected chi connectivity index (χ3v) is 2.11. The van der Waals surface area contributed by atoms with E-state index in [0.29, 0.717) is 0 Å². The molecule has 1 heteroatoms. The zero-order valence-corrected chi connectivity index (χ0v) is 9.18. The standard InChI is InChI=1S/C12H20O/c1-5-7-8-9-12(11(4)13)10(3)6-2/h8-9H,5-7H2,1-4H3/b9-8+,12-10-. The summed E-state index contributed by atoms with van der Waals surface area (Å²) in [7, 11) is 0. The van der Waals surface area contributed by atoms with Gasteiger partial charge in [0.25, 0.3) is 0 Å². The van der Waals surface area contributed by atoms with Crippen molar-refractivity contribution < 1.29 is 4.79 Å². The van der Waals surface area contributed by atoms with Crippen LogP contribution in [0.4, 0.5) is 0 Å². The second-order valence-electron chi connectivity index (χ2n) is 3.29. The summed E-state index contributed by atoms with van der Waals surface area (Å²) in [4.78, 5) is 11.2. The summed E-state index contributed by atoms with van der Waals surface area (Å²) in [6.07, 6.45) is 7.17. The van der Waals surface area contributed by atoms with Gasteiger partial charge >= 0.3 is 0 Å². The average Bonchev–Trinajstić information content (AvgIpc) is 2.11. The maximum absolute atomic E-state index is 11.2. The van der Waals surface area contributed by atoms with Crippen LogP contribution in [0.3, 0.4) is 0 Å². The Labute approximate surface area is 81.5 Å². The molecule has 0 unspecified atom stereocenters. The van der Waals surface area contributed by atoms with Crippen molar-refractivity contribution in [3.8, 4) is 0 Å². The number of Topliss-reactive ketones (excluding diaryl/α,β-unsaturated/α-hetero) is 1. The minimum absolute atomic E-state index is 0.173. The van der Waals surface area contributed by atoms with Crippen LogP contribution in [0.15, 0.2) is 23.3 Å². The molecule has 0 spiro atoms. The Morgan fingerprint density at radius 3 is 2.23 bits per heavy atom. The van der Waals surface area contributed by atoms with Gasteiger partial charge in [0.15, 0.2) is 5.78 Å². The minimum atomic E-state index is 0.173. The summed E-state index contributed by atoms with van der Waals surface area (Å²) in [6.45, 7) is 7.86. The fourth-order valence-electron chi connectivity index (χ4n) is 1.12. The molecule has 0 aliphatic heterocycles. The lowest BCUT2D eigenvalue weighted by Crippen LogP contribution is -1.96. The number of unbranched alkanes of at least 4 members (excludes halogenated alkanes) is 1. The van der Waals surface area contributed by atoms with Crippen LogP contribution >= 0.6 is 0 Å². The molecule has 74 valence electrons. The van der Waals surface area contributed by atoms with Crippen LogP contribution in [0.25, 0.3) is 0 Å². The Balaban J connectivity index is 4.54. The first-order valence-electron chi connectivity index (χ1n) is 5.00. The van der Waals surface area contributed by atoms with E-state index in [-0.39, 0.29) is 5.78 Å². The number of rotatable bonds is 5. The zero-order chi connectivity index (χ0) is 10.3. The van der Waals surface area contributed by atoms with Gasteiger partial charge in [-0.15, -0.1) is 0 Å². The van der Waals surface area contributed by atoms with E-state index in [4.69, 9.17) is 0 Å². The third-order valence-electron chi connectivity index (χ3n) is 2.11. The number of carbonyl (C=O) groups is 1. The van der Waals surface area contributed by atoms with Crippen molar-refractivity contribution >= 4 is 5.78 Å². The number of carbonyl (C=O) groups excluding carboxylic acids is 1. The summed E-state index contributed by atoms with van der Waals surface area (Å²) in [5, 5.41) is 0. The van der Waals surface area contributed by atoms with Gasteiger partial charge in [-0.3, -0.25) is 4.79 Å². The quantitative estimate of drug-likeness (QED) is 0.466. The van der Waals surface area contributed by atoms with Gasteiger partial charge in [0.2, 0.25) is 0 Å². The van der Waals surface area contributed by atoms with E-state index in [2.05, 4.69) is 19.9 Å². The van der Waals surface area contributed by atoms with E-state index in [9.17, 15) is 4.79 Å². The summed E-state index contributed by atoms with van der Waals surface area (Å²) in [6, 6.07) is 0. The second-order valence-corrected chi connectivity index (χ2v) is 3.29. The molecule has 0 aromatic heterocycles. The fourth-order valence-corrected chi connectivity index (χ4v) is 1.12. The summed E-state index contributed by atoms with van der Waals surface area (Å²) in [5.41, 5.74) is 2.07. The lowest BCUT2D eigenvalue weighted by atomic mass is 10.0. The highest BCUT2D eigenvalue weighted by Crippen LogP contribution is 2.11. The molecular weight excluding hydrogens is 160 g/mol. The molecule has 0 N–H and O–H groups in total. The van der Waals surface area contributed by atoms with Crippen LogP contribution in [0.5, 0.6) is 0 Å². The number of allylic oxidation sites excluding steroid dienone is 4. The Bertz CT molecular complexity index is 221. The maximum atomic E-state index is 11.2. The van der Waals surface area contributed by atoms with Crippen molar-refractivity contribution in [3.05, 3.63) is 23.3 Å². The van der Waals surface area contributed by atoms with E-state index < -0.39 is 0 Å². The first kappa shape index (κ1) is 12.2. The third kappa shape index (κ3) is 4.66. The largest absolute Gasteiger partial charge is 0.295 e. The van der Waals surface area contributed by atoms with Gasteiger partial charge in [-0.2, -0.15) is 0 Å². The highest BCUT2D eigenvalue weighted by Gasteiger charge is 2.02.